The summed E-state index contributed by atoms with van der Waals surface area (Å²) in [6, 6.07) is 3.46. The van der Waals surface area contributed by atoms with Gasteiger partial charge in [0.15, 0.2) is 17.6 Å². The minimum atomic E-state index is -0.748. The minimum absolute atomic E-state index is 0.0287. The summed E-state index contributed by atoms with van der Waals surface area (Å²) < 4.78 is 22.7. The van der Waals surface area contributed by atoms with Gasteiger partial charge in [0.25, 0.3) is 5.91 Å². The van der Waals surface area contributed by atoms with Crippen molar-refractivity contribution in [2.75, 3.05) is 40.0 Å². The molecule has 1 saturated heterocycles. The third-order valence-corrected chi connectivity index (χ3v) is 6.22. The SMILES string of the molecule is COCCCOc1cc(CN(C(=O)[C@H]2CN(C(=O)OC(C)(C)C)CCO2)C2CC2)c(Br)cc1O. The number of hydrogen-bond acceptors (Lipinski definition) is 7. The topological polar surface area (TPSA) is 97.8 Å². The molecule has 3 rings (SSSR count). The highest BCUT2D eigenvalue weighted by Gasteiger charge is 2.39. The molecule has 2 aliphatic rings. The van der Waals surface area contributed by atoms with Gasteiger partial charge in [0.2, 0.25) is 0 Å². The first kappa shape index (κ1) is 26.6. The summed E-state index contributed by atoms with van der Waals surface area (Å²) in [5, 5.41) is 10.3. The van der Waals surface area contributed by atoms with Gasteiger partial charge in [-0.2, -0.15) is 0 Å². The molecule has 0 radical (unpaired) electrons. The van der Waals surface area contributed by atoms with E-state index in [4.69, 9.17) is 18.9 Å². The lowest BCUT2D eigenvalue weighted by atomic mass is 10.1. The third kappa shape index (κ3) is 7.48. The van der Waals surface area contributed by atoms with Crippen molar-refractivity contribution in [2.45, 2.75) is 64.3 Å². The number of phenols is 1. The Morgan fingerprint density at radius 2 is 2.00 bits per heavy atom. The molecule has 2 amide bonds. The molecule has 1 heterocycles. The van der Waals surface area contributed by atoms with Gasteiger partial charge in [-0.25, -0.2) is 4.79 Å². The molecular formula is C24H35BrN2O7. The van der Waals surface area contributed by atoms with E-state index in [1.165, 1.54) is 4.90 Å². The molecule has 190 valence electrons. The number of carbonyl (C=O) groups is 2. The predicted molar refractivity (Wildman–Crippen MR) is 129 cm³/mol. The van der Waals surface area contributed by atoms with Crippen molar-refractivity contribution in [3.63, 3.8) is 0 Å². The quantitative estimate of drug-likeness (QED) is 0.475. The van der Waals surface area contributed by atoms with Gasteiger partial charge in [-0.3, -0.25) is 4.79 Å². The fraction of sp³-hybridized carbons (Fsp3) is 0.667. The smallest absolute Gasteiger partial charge is 0.410 e. The molecule has 1 aliphatic carbocycles. The van der Waals surface area contributed by atoms with E-state index in [9.17, 15) is 14.7 Å². The van der Waals surface area contributed by atoms with Gasteiger partial charge >= 0.3 is 6.09 Å². The van der Waals surface area contributed by atoms with Crippen LogP contribution < -0.4 is 4.74 Å². The Hall–Kier alpha value is -2.04. The molecule has 2 fully saturated rings. The van der Waals surface area contributed by atoms with Crippen molar-refractivity contribution < 1.29 is 33.6 Å². The first-order valence-corrected chi connectivity index (χ1v) is 12.4. The largest absolute Gasteiger partial charge is 0.504 e. The molecule has 1 atom stereocenters. The minimum Gasteiger partial charge on any atom is -0.504 e. The zero-order valence-corrected chi connectivity index (χ0v) is 21.9. The van der Waals surface area contributed by atoms with Crippen molar-refractivity contribution in [1.29, 1.82) is 0 Å². The number of nitrogens with zero attached hydrogens (tertiary/aromatic N) is 2. The molecule has 1 saturated carbocycles. The molecule has 1 N–H and O–H groups in total. The molecule has 34 heavy (non-hydrogen) atoms. The molecule has 1 aromatic carbocycles. The van der Waals surface area contributed by atoms with Crippen molar-refractivity contribution in [3.8, 4) is 11.5 Å². The Bertz CT molecular complexity index is 870. The van der Waals surface area contributed by atoms with E-state index in [-0.39, 0.29) is 30.9 Å². The summed E-state index contributed by atoms with van der Waals surface area (Å²) in [6.07, 6.45) is 1.35. The van der Waals surface area contributed by atoms with Crippen LogP contribution in [0.1, 0.15) is 45.6 Å². The average Bonchev–Trinajstić information content (AvgIpc) is 3.61. The lowest BCUT2D eigenvalue weighted by molar-refractivity contribution is -0.150. The molecule has 0 aromatic heterocycles. The van der Waals surface area contributed by atoms with E-state index in [2.05, 4.69) is 15.9 Å². The molecule has 10 heteroatoms. The zero-order chi connectivity index (χ0) is 24.9. The fourth-order valence-corrected chi connectivity index (χ4v) is 4.10. The summed E-state index contributed by atoms with van der Waals surface area (Å²) in [5.41, 5.74) is 0.211. The van der Waals surface area contributed by atoms with Crippen LogP contribution in [0.2, 0.25) is 0 Å². The van der Waals surface area contributed by atoms with Gasteiger partial charge in [-0.15, -0.1) is 0 Å². The predicted octanol–water partition coefficient (Wildman–Crippen LogP) is 3.70. The van der Waals surface area contributed by atoms with Gasteiger partial charge < -0.3 is 33.9 Å². The van der Waals surface area contributed by atoms with Gasteiger partial charge in [0, 0.05) is 43.7 Å². The highest BCUT2D eigenvalue weighted by atomic mass is 79.9. The van der Waals surface area contributed by atoms with Gasteiger partial charge in [0.1, 0.15) is 5.60 Å². The van der Waals surface area contributed by atoms with Crippen LogP contribution in [-0.4, -0.2) is 84.7 Å². The highest BCUT2D eigenvalue weighted by molar-refractivity contribution is 9.10. The summed E-state index contributed by atoms with van der Waals surface area (Å²) in [5.74, 6) is 0.238. The van der Waals surface area contributed by atoms with Crippen LogP contribution in [0.25, 0.3) is 0 Å². The second-order valence-corrected chi connectivity index (χ2v) is 10.4. The monoisotopic (exact) mass is 542 g/mol. The number of benzene rings is 1. The molecular weight excluding hydrogens is 508 g/mol. The zero-order valence-electron chi connectivity index (χ0n) is 20.3. The van der Waals surface area contributed by atoms with Crippen LogP contribution >= 0.6 is 15.9 Å². The Balaban J connectivity index is 1.69. The second kappa shape index (κ2) is 11.6. The van der Waals surface area contributed by atoms with E-state index in [0.717, 1.165) is 18.4 Å². The lowest BCUT2D eigenvalue weighted by Crippen LogP contribution is -2.53. The third-order valence-electron chi connectivity index (χ3n) is 5.48. The molecule has 1 aliphatic heterocycles. The maximum absolute atomic E-state index is 13.5. The standard InChI is InChI=1S/C24H35BrN2O7/c1-24(2,3)34-23(30)26-8-11-33-21(15-26)22(29)27(17-6-7-17)14-16-12-20(19(28)13-18(16)25)32-10-5-9-31-4/h12-13,17,21,28H,5-11,14-15H2,1-4H3/t21-/m1/s1. The van der Waals surface area contributed by atoms with Gasteiger partial charge in [-0.05, 0) is 51.3 Å². The fourth-order valence-electron chi connectivity index (χ4n) is 3.64. The number of hydrogen-bond donors (Lipinski definition) is 1. The van der Waals surface area contributed by atoms with Crippen molar-refractivity contribution >= 4 is 27.9 Å². The van der Waals surface area contributed by atoms with Crippen molar-refractivity contribution in [2.24, 2.45) is 0 Å². The number of morpholine rings is 1. The number of amides is 2. The molecule has 9 nitrogen and oxygen atoms in total. The Morgan fingerprint density at radius 1 is 1.26 bits per heavy atom. The maximum atomic E-state index is 13.5. The second-order valence-electron chi connectivity index (χ2n) is 9.59. The Labute approximate surface area is 209 Å². The average molecular weight is 543 g/mol. The van der Waals surface area contributed by atoms with E-state index in [1.807, 2.05) is 20.8 Å². The van der Waals surface area contributed by atoms with Crippen molar-refractivity contribution in [1.82, 2.24) is 9.80 Å². The first-order valence-electron chi connectivity index (χ1n) is 11.6. The van der Waals surface area contributed by atoms with Gasteiger partial charge in [0.05, 0.1) is 19.8 Å². The summed E-state index contributed by atoms with van der Waals surface area (Å²) >= 11 is 3.50. The summed E-state index contributed by atoms with van der Waals surface area (Å²) in [4.78, 5) is 29.3. The number of halogens is 1. The Morgan fingerprint density at radius 3 is 2.65 bits per heavy atom. The van der Waals surface area contributed by atoms with E-state index in [0.29, 0.717) is 42.9 Å². The highest BCUT2D eigenvalue weighted by Crippen LogP contribution is 2.36. The van der Waals surface area contributed by atoms with Crippen LogP contribution in [0.15, 0.2) is 16.6 Å². The van der Waals surface area contributed by atoms with E-state index in [1.54, 1.807) is 24.1 Å². The number of aromatic hydroxyl groups is 1. The summed E-state index contributed by atoms with van der Waals surface area (Å²) in [7, 11) is 1.63. The summed E-state index contributed by atoms with van der Waals surface area (Å²) in [6.45, 7) is 7.56. The number of phenolic OH excluding ortho intramolecular Hbond substituents is 1. The lowest BCUT2D eigenvalue weighted by Gasteiger charge is -2.36. The number of rotatable bonds is 9. The maximum Gasteiger partial charge on any atom is 0.410 e. The normalized spacial score (nSPS) is 18.5. The molecule has 0 unspecified atom stereocenters. The van der Waals surface area contributed by atoms with Gasteiger partial charge in [-0.1, -0.05) is 15.9 Å². The molecule has 1 aromatic rings. The number of ether oxygens (including phenoxy) is 4. The molecule has 0 spiro atoms. The van der Waals surface area contributed by atoms with Crippen LogP contribution in [0.4, 0.5) is 4.79 Å². The molecule has 0 bridgehead atoms. The van der Waals surface area contributed by atoms with E-state index >= 15 is 0 Å². The van der Waals surface area contributed by atoms with Crippen LogP contribution in [0.5, 0.6) is 11.5 Å². The number of carbonyl (C=O) groups excluding carboxylic acids is 2. The first-order chi connectivity index (χ1) is 16.1. The Kier molecular flexibility index (Phi) is 9.06. The van der Waals surface area contributed by atoms with Crippen molar-refractivity contribution in [3.05, 3.63) is 22.2 Å². The van der Waals surface area contributed by atoms with Crippen LogP contribution in [0.3, 0.4) is 0 Å². The van der Waals surface area contributed by atoms with Crippen LogP contribution in [0, 0.1) is 0 Å². The van der Waals surface area contributed by atoms with E-state index < -0.39 is 17.8 Å². The number of methoxy groups -OCH3 is 1. The van der Waals surface area contributed by atoms with Crippen LogP contribution in [-0.2, 0) is 25.5 Å².